The molecule has 0 unspecified atom stereocenters. The van der Waals surface area contributed by atoms with Crippen LogP contribution in [-0.2, 0) is 10.1 Å². The largest absolute Gasteiger partial charge is 0.377 e. The van der Waals surface area contributed by atoms with E-state index in [0.29, 0.717) is 6.26 Å². The molecule has 200 valence electrons. The summed E-state index contributed by atoms with van der Waals surface area (Å²) in [4.78, 5) is 4.59. The van der Waals surface area contributed by atoms with E-state index in [2.05, 4.69) is 80.5 Å². The molecule has 0 amide bonds. The molecule has 7 heteroatoms. The van der Waals surface area contributed by atoms with Gasteiger partial charge in [-0.3, -0.25) is 4.55 Å². The molecule has 5 nitrogen and oxygen atoms in total. The molecule has 1 N–H and O–H groups in total. The number of anilines is 2. The molecule has 0 aromatic heterocycles. The van der Waals surface area contributed by atoms with Crippen molar-refractivity contribution < 1.29 is 13.0 Å². The van der Waals surface area contributed by atoms with Crippen LogP contribution in [0.3, 0.4) is 0 Å². The maximum absolute atomic E-state index is 9.19. The summed E-state index contributed by atoms with van der Waals surface area (Å²) in [7, 11) is 4.94. The maximum Gasteiger partial charge on any atom is 0.261 e. The number of hydrogen-bond donors (Lipinski definition) is 1. The summed E-state index contributed by atoms with van der Waals surface area (Å²) in [6.07, 6.45) is 15.2. The first-order valence-electron chi connectivity index (χ1n) is 13.4. The van der Waals surface area contributed by atoms with Gasteiger partial charge in [-0.05, 0) is 60.0 Å². The maximum atomic E-state index is 9.19. The van der Waals surface area contributed by atoms with Gasteiger partial charge in [0.05, 0.1) is 6.26 Å². The molecule has 0 bridgehead atoms. The molecule has 2 saturated carbocycles. The van der Waals surface area contributed by atoms with Gasteiger partial charge in [0.25, 0.3) is 10.1 Å². The van der Waals surface area contributed by atoms with Crippen LogP contribution in [-0.4, -0.2) is 58.7 Å². The van der Waals surface area contributed by atoms with E-state index in [4.69, 9.17) is 4.55 Å². The Morgan fingerprint density at radius 1 is 0.722 bits per heavy atom. The molecule has 36 heavy (non-hydrogen) atoms. The Bertz CT molecular complexity index is 1020. The number of hydrogen-bond acceptors (Lipinski definition) is 4. The van der Waals surface area contributed by atoms with Crippen LogP contribution in [0.5, 0.6) is 0 Å². The third kappa shape index (κ3) is 7.94. The zero-order valence-electron chi connectivity index (χ0n) is 22.8. The number of rotatable bonds is 6. The first kappa shape index (κ1) is 28.9. The lowest BCUT2D eigenvalue weighted by atomic mass is 9.99. The average molecular weight is 533 g/mol. The lowest BCUT2D eigenvalue weighted by Gasteiger charge is -2.40. The Morgan fingerprint density at radius 3 is 1.56 bits per heavy atom. The summed E-state index contributed by atoms with van der Waals surface area (Å²) in [6, 6.07) is 16.3. The predicted octanol–water partition coefficient (Wildman–Crippen LogP) is 6.76. The van der Waals surface area contributed by atoms with E-state index in [1.807, 2.05) is 0 Å². The average Bonchev–Trinajstić information content (AvgIpc) is 2.84. The fourth-order valence-electron chi connectivity index (χ4n) is 5.87. The summed E-state index contributed by atoms with van der Waals surface area (Å²) < 4.78 is 25.9. The monoisotopic (exact) mass is 532 g/mol. The van der Waals surface area contributed by atoms with Gasteiger partial charge < -0.3 is 9.80 Å². The molecule has 2 aliphatic rings. The van der Waals surface area contributed by atoms with Crippen molar-refractivity contribution in [1.29, 1.82) is 0 Å². The Morgan fingerprint density at radius 2 is 1.14 bits per heavy atom. The van der Waals surface area contributed by atoms with Gasteiger partial charge in [-0.25, -0.2) is 0 Å². The molecule has 4 rings (SSSR count). The van der Waals surface area contributed by atoms with Crippen LogP contribution in [0.4, 0.5) is 11.4 Å². The van der Waals surface area contributed by atoms with E-state index in [1.54, 1.807) is 5.30 Å². The zero-order chi connectivity index (χ0) is 26.3. The van der Waals surface area contributed by atoms with E-state index in [1.165, 1.54) is 86.7 Å². The van der Waals surface area contributed by atoms with Gasteiger partial charge in [0.15, 0.2) is 0 Å². The summed E-state index contributed by atoms with van der Waals surface area (Å²) in [6.45, 7) is 0. The van der Waals surface area contributed by atoms with Gasteiger partial charge in [-0.1, -0.05) is 76.8 Å². The van der Waals surface area contributed by atoms with Gasteiger partial charge in [-0.15, -0.1) is 0 Å². The fraction of sp³-hybridized carbons (Fsp3) is 0.586. The van der Waals surface area contributed by atoms with Gasteiger partial charge >= 0.3 is 0 Å². The quantitative estimate of drug-likeness (QED) is 0.329. The second-order valence-corrected chi connectivity index (χ2v) is 14.9. The van der Waals surface area contributed by atoms with Crippen LogP contribution in [0.15, 0.2) is 42.5 Å². The van der Waals surface area contributed by atoms with Gasteiger partial charge in [0.2, 0.25) is 0 Å². The third-order valence-electron chi connectivity index (χ3n) is 7.37. The Balaban J connectivity index is 0.000000658. The molecule has 0 heterocycles. The minimum atomic E-state index is -3.67. The van der Waals surface area contributed by atoms with Crippen molar-refractivity contribution in [3.8, 4) is 11.1 Å². The van der Waals surface area contributed by atoms with Crippen molar-refractivity contribution >= 4 is 34.7 Å². The first-order chi connectivity index (χ1) is 17.1. The van der Waals surface area contributed by atoms with Crippen molar-refractivity contribution in [3.05, 3.63) is 42.5 Å². The molecule has 0 atom stereocenters. The molecule has 2 fully saturated rings. The highest BCUT2D eigenvalue weighted by molar-refractivity contribution is 7.85. The standard InChI is InChI=1S/C28H41N2P.CH4O3S/c1-29(2)25-19-13-20-26(30(3)4)28(25)24-18-11-12-21-27(24)31(22-14-7-5-8-15-22)23-16-9-6-10-17-23;1-5(2,3)4/h11-13,18-23H,5-10,14-17H2,1-4H3;1H3,(H,2,3,4). The van der Waals surface area contributed by atoms with Crippen molar-refractivity contribution in [2.75, 3.05) is 44.2 Å². The smallest absolute Gasteiger partial charge is 0.261 e. The highest BCUT2D eigenvalue weighted by atomic mass is 32.2. The predicted molar refractivity (Wildman–Crippen MR) is 158 cm³/mol. The third-order valence-corrected chi connectivity index (χ3v) is 10.9. The zero-order valence-corrected chi connectivity index (χ0v) is 24.5. The van der Waals surface area contributed by atoms with E-state index in [9.17, 15) is 8.42 Å². The summed E-state index contributed by atoms with van der Waals surface area (Å²) >= 11 is 0. The highest BCUT2D eigenvalue weighted by Gasteiger charge is 2.34. The summed E-state index contributed by atoms with van der Waals surface area (Å²) in [5.74, 6) is 0. The van der Waals surface area contributed by atoms with Gasteiger partial charge in [0, 0.05) is 45.1 Å². The molecule has 0 aliphatic heterocycles. The lowest BCUT2D eigenvalue weighted by molar-refractivity contribution is 0.487. The van der Waals surface area contributed by atoms with Gasteiger partial charge in [-0.2, -0.15) is 8.42 Å². The van der Waals surface area contributed by atoms with Crippen LogP contribution in [0.2, 0.25) is 0 Å². The summed E-state index contributed by atoms with van der Waals surface area (Å²) in [5, 5.41) is 1.69. The van der Waals surface area contributed by atoms with E-state index >= 15 is 0 Å². The van der Waals surface area contributed by atoms with E-state index in [-0.39, 0.29) is 7.92 Å². The molecule has 2 aliphatic carbocycles. The van der Waals surface area contributed by atoms with Crippen molar-refractivity contribution in [2.24, 2.45) is 0 Å². The second kappa shape index (κ2) is 13.3. The lowest BCUT2D eigenvalue weighted by Crippen LogP contribution is -2.27. The Labute approximate surface area is 220 Å². The molecular formula is C29H45N2O3PS. The van der Waals surface area contributed by atoms with Crippen molar-refractivity contribution in [2.45, 2.75) is 75.5 Å². The van der Waals surface area contributed by atoms with Gasteiger partial charge in [0.1, 0.15) is 0 Å². The molecule has 0 saturated heterocycles. The van der Waals surface area contributed by atoms with Crippen LogP contribution < -0.4 is 15.1 Å². The fourth-order valence-corrected chi connectivity index (χ4v) is 9.82. The van der Waals surface area contributed by atoms with Crippen molar-refractivity contribution in [1.82, 2.24) is 0 Å². The Hall–Kier alpha value is -1.62. The highest BCUT2D eigenvalue weighted by Crippen LogP contribution is 2.57. The first-order valence-corrected chi connectivity index (χ1v) is 16.7. The number of nitrogens with zero attached hydrogens (tertiary/aromatic N) is 2. The molecule has 0 spiro atoms. The SMILES string of the molecule is CN(C)c1cccc(N(C)C)c1-c1ccccc1P(C1CCCCC1)C1CCCCC1.CS(=O)(=O)O. The number of benzene rings is 2. The Kier molecular flexibility index (Phi) is 10.7. The van der Waals surface area contributed by atoms with Crippen LogP contribution in [0.1, 0.15) is 64.2 Å². The molecule has 0 radical (unpaired) electrons. The van der Waals surface area contributed by atoms with Crippen LogP contribution >= 0.6 is 7.92 Å². The molecular weight excluding hydrogens is 487 g/mol. The molecule has 2 aromatic carbocycles. The molecule has 2 aromatic rings. The van der Waals surface area contributed by atoms with Crippen LogP contribution in [0, 0.1) is 0 Å². The van der Waals surface area contributed by atoms with Crippen LogP contribution in [0.25, 0.3) is 11.1 Å². The minimum absolute atomic E-state index is 0.137. The normalized spacial score (nSPS) is 17.4. The van der Waals surface area contributed by atoms with E-state index < -0.39 is 10.1 Å². The topological polar surface area (TPSA) is 60.9 Å². The van der Waals surface area contributed by atoms with Crippen molar-refractivity contribution in [3.63, 3.8) is 0 Å². The second-order valence-electron chi connectivity index (χ2n) is 10.7. The minimum Gasteiger partial charge on any atom is -0.377 e. The van der Waals surface area contributed by atoms with E-state index in [0.717, 1.165) is 11.3 Å². The summed E-state index contributed by atoms with van der Waals surface area (Å²) in [5.41, 5.74) is 7.43.